The van der Waals surface area contributed by atoms with Crippen LogP contribution in [0.4, 0.5) is 0 Å². The largest absolute Gasteiger partial charge is 0.309 e. The Labute approximate surface area is 452 Å². The van der Waals surface area contributed by atoms with Gasteiger partial charge in [0, 0.05) is 32.9 Å². The molecular formula is C70H68N2Si4. The van der Waals surface area contributed by atoms with E-state index in [9.17, 15) is 0 Å². The Hall–Kier alpha value is -7.07. The van der Waals surface area contributed by atoms with Gasteiger partial charge in [0.1, 0.15) is 0 Å². The van der Waals surface area contributed by atoms with E-state index in [1.807, 2.05) is 0 Å². The summed E-state index contributed by atoms with van der Waals surface area (Å²) in [6.45, 7) is 29.6. The second-order valence-electron chi connectivity index (χ2n) is 25.9. The summed E-state index contributed by atoms with van der Waals surface area (Å²) in [5, 5.41) is 21.4. The fourth-order valence-corrected chi connectivity index (χ4v) is 16.9. The van der Waals surface area contributed by atoms with Crippen molar-refractivity contribution in [3.8, 4) is 33.6 Å². The summed E-state index contributed by atoms with van der Waals surface area (Å²) in [5.74, 6) is 0. The van der Waals surface area contributed by atoms with Crippen molar-refractivity contribution in [1.29, 1.82) is 0 Å². The van der Waals surface area contributed by atoms with Crippen LogP contribution in [-0.2, 0) is 0 Å². The van der Waals surface area contributed by atoms with Crippen LogP contribution in [0.5, 0.6) is 0 Å². The third-order valence-corrected chi connectivity index (χ3v) is 24.8. The minimum absolute atomic E-state index is 1.18. The van der Waals surface area contributed by atoms with Gasteiger partial charge in [-0.25, -0.2) is 0 Å². The molecule has 2 heterocycles. The van der Waals surface area contributed by atoms with Gasteiger partial charge >= 0.3 is 0 Å². The van der Waals surface area contributed by atoms with E-state index in [4.69, 9.17) is 0 Å². The molecule has 0 saturated heterocycles. The molecule has 0 radical (unpaired) electrons. The highest BCUT2D eigenvalue weighted by Crippen LogP contribution is 2.47. The van der Waals surface area contributed by atoms with E-state index in [1.165, 1.54) is 141 Å². The number of hydrogen-bond donors (Lipinski definition) is 0. The highest BCUT2D eigenvalue weighted by molar-refractivity contribution is 6.90. The molecule has 76 heavy (non-hydrogen) atoms. The Kier molecular flexibility index (Phi) is 11.0. The molecule has 0 saturated carbocycles. The van der Waals surface area contributed by atoms with E-state index in [1.54, 1.807) is 0 Å². The molecule has 0 atom stereocenters. The first-order chi connectivity index (χ1) is 36.2. The third-order valence-electron chi connectivity index (χ3n) is 16.7. The summed E-state index contributed by atoms with van der Waals surface area (Å²) in [6.07, 6.45) is 0. The molecule has 13 rings (SSSR count). The Balaban J connectivity index is 1.16. The maximum atomic E-state index is 2.56. The van der Waals surface area contributed by atoms with Crippen LogP contribution in [0.2, 0.25) is 78.6 Å². The average Bonchev–Trinajstić information content (AvgIpc) is 3.97. The normalized spacial score (nSPS) is 13.0. The zero-order valence-corrected chi connectivity index (χ0v) is 50.4. The molecule has 0 N–H and O–H groups in total. The standard InChI is InChI=1S/C70H68N2Si4/c1-73(2,3)53-27-33-65-59(41-53)60-42-54(74(4,5)6)28-34-66(60)71(65)51-25-31-57-63(39-51)69(49-23-21-45-17-13-15-19-47(45)37-49)58-32-26-52(40-64(58)70(57)50-24-22-46-18-14-16-20-48(46)38-50)72-67-35-29-55(75(7,8)9)43-61(67)62-44-56(76(10,11)12)30-36-68(62)72/h13-44H,1-12H3. The molecule has 0 aliphatic heterocycles. The maximum absolute atomic E-state index is 2.56. The first-order valence-electron chi connectivity index (χ1n) is 27.4. The van der Waals surface area contributed by atoms with Gasteiger partial charge in [-0.2, -0.15) is 0 Å². The lowest BCUT2D eigenvalue weighted by molar-refractivity contribution is 1.18. The van der Waals surface area contributed by atoms with Crippen LogP contribution in [-0.4, -0.2) is 41.4 Å². The molecule has 0 aliphatic carbocycles. The molecule has 0 fully saturated rings. The zero-order chi connectivity index (χ0) is 52.8. The van der Waals surface area contributed by atoms with Crippen LogP contribution in [0.3, 0.4) is 0 Å². The number of rotatable bonds is 8. The summed E-state index contributed by atoms with van der Waals surface area (Å²) in [7, 11) is -6.43. The van der Waals surface area contributed by atoms with Crippen LogP contribution in [0.1, 0.15) is 0 Å². The first kappa shape index (κ1) is 48.6. The SMILES string of the molecule is C[Si](C)(C)c1ccc2c(c1)c1cc([Si](C)(C)C)ccc1n2-c1ccc2c(-c3ccc4ccccc4c3)c3cc(-n4c5ccc([Si](C)(C)C)cc5c5cc([Si](C)(C)C)ccc54)ccc3c(-c3ccc4ccccc4c3)c2c1. The van der Waals surface area contributed by atoms with Crippen molar-refractivity contribution in [3.05, 3.63) is 194 Å². The molecule has 0 unspecified atom stereocenters. The van der Waals surface area contributed by atoms with Crippen molar-refractivity contribution in [3.63, 3.8) is 0 Å². The minimum atomic E-state index is -1.61. The van der Waals surface area contributed by atoms with E-state index in [2.05, 4.69) is 282 Å². The van der Waals surface area contributed by atoms with Gasteiger partial charge in [0.15, 0.2) is 0 Å². The van der Waals surface area contributed by atoms with Gasteiger partial charge < -0.3 is 9.13 Å². The van der Waals surface area contributed by atoms with Crippen LogP contribution < -0.4 is 20.7 Å². The summed E-state index contributed by atoms with van der Waals surface area (Å²) < 4.78 is 5.12. The second-order valence-corrected chi connectivity index (χ2v) is 46.2. The molecule has 6 heteroatoms. The number of hydrogen-bond acceptors (Lipinski definition) is 0. The van der Waals surface area contributed by atoms with Crippen molar-refractivity contribution in [1.82, 2.24) is 9.13 Å². The summed E-state index contributed by atoms with van der Waals surface area (Å²) >= 11 is 0. The smallest absolute Gasteiger partial charge is 0.0776 e. The second kappa shape index (κ2) is 17.2. The van der Waals surface area contributed by atoms with Crippen LogP contribution in [0.25, 0.3) is 120 Å². The Morgan fingerprint density at radius 1 is 0.237 bits per heavy atom. The number of fused-ring (bicyclic) bond motifs is 10. The van der Waals surface area contributed by atoms with Crippen molar-refractivity contribution in [2.45, 2.75) is 78.6 Å². The molecule has 11 aromatic carbocycles. The van der Waals surface area contributed by atoms with Gasteiger partial charge in [0.05, 0.1) is 54.4 Å². The molecule has 0 amide bonds. The predicted octanol–water partition coefficient (Wildman–Crippen LogP) is 18.0. The van der Waals surface area contributed by atoms with E-state index >= 15 is 0 Å². The van der Waals surface area contributed by atoms with Gasteiger partial charge in [-0.05, 0) is 126 Å². The number of aromatic nitrogens is 2. The van der Waals surface area contributed by atoms with E-state index in [0.717, 1.165) is 0 Å². The third kappa shape index (κ3) is 7.98. The van der Waals surface area contributed by atoms with Gasteiger partial charge in [0.25, 0.3) is 0 Å². The van der Waals surface area contributed by atoms with Crippen molar-refractivity contribution < 1.29 is 0 Å². The minimum Gasteiger partial charge on any atom is -0.309 e. The monoisotopic (exact) mass is 1050 g/mol. The molecule has 13 aromatic rings. The zero-order valence-electron chi connectivity index (χ0n) is 46.4. The van der Waals surface area contributed by atoms with Crippen molar-refractivity contribution >= 4 is 140 Å². The molecule has 0 aliphatic rings. The van der Waals surface area contributed by atoms with Crippen molar-refractivity contribution in [2.24, 2.45) is 0 Å². The molecule has 0 bridgehead atoms. The number of nitrogens with zero attached hydrogens (tertiary/aromatic N) is 2. The molecule has 0 spiro atoms. The quantitative estimate of drug-likeness (QED) is 0.106. The fraction of sp³-hybridized carbons (Fsp3) is 0.171. The van der Waals surface area contributed by atoms with E-state index in [0.29, 0.717) is 0 Å². The van der Waals surface area contributed by atoms with Gasteiger partial charge in [-0.3, -0.25) is 0 Å². The van der Waals surface area contributed by atoms with Gasteiger partial charge in [-0.15, -0.1) is 0 Å². The highest BCUT2D eigenvalue weighted by atomic mass is 28.3. The topological polar surface area (TPSA) is 9.86 Å². The van der Waals surface area contributed by atoms with Crippen molar-refractivity contribution in [2.75, 3.05) is 0 Å². The highest BCUT2D eigenvalue weighted by Gasteiger charge is 2.27. The summed E-state index contributed by atoms with van der Waals surface area (Å²) in [6, 6.07) is 76.1. The Bertz CT molecular complexity index is 4130. The van der Waals surface area contributed by atoms with E-state index in [-0.39, 0.29) is 0 Å². The van der Waals surface area contributed by atoms with Crippen LogP contribution in [0, 0.1) is 0 Å². The average molecular weight is 1050 g/mol. The van der Waals surface area contributed by atoms with Crippen LogP contribution in [0.15, 0.2) is 194 Å². The Morgan fingerprint density at radius 3 is 0.842 bits per heavy atom. The maximum Gasteiger partial charge on any atom is 0.0776 e. The fourth-order valence-electron chi connectivity index (χ4n) is 12.3. The van der Waals surface area contributed by atoms with E-state index < -0.39 is 32.3 Å². The summed E-state index contributed by atoms with van der Waals surface area (Å²) in [4.78, 5) is 0. The van der Waals surface area contributed by atoms with Gasteiger partial charge in [-0.1, -0.05) is 233 Å². The molecular weight excluding hydrogens is 981 g/mol. The Morgan fingerprint density at radius 2 is 0.539 bits per heavy atom. The first-order valence-corrected chi connectivity index (χ1v) is 41.4. The molecule has 374 valence electrons. The lowest BCUT2D eigenvalue weighted by atomic mass is 9.84. The number of benzene rings is 11. The lowest BCUT2D eigenvalue weighted by Gasteiger charge is -2.21. The van der Waals surface area contributed by atoms with Crippen LogP contribution >= 0.6 is 0 Å². The lowest BCUT2D eigenvalue weighted by Crippen LogP contribution is -2.37. The molecule has 2 aromatic heterocycles. The predicted molar refractivity (Wildman–Crippen MR) is 348 cm³/mol. The molecule has 2 nitrogen and oxygen atoms in total. The summed E-state index contributed by atoms with van der Waals surface area (Å²) in [5.41, 5.74) is 12.4. The van der Waals surface area contributed by atoms with Gasteiger partial charge in [0.2, 0.25) is 0 Å².